The minimum Gasteiger partial charge on any atom is -0.379 e. The quantitative estimate of drug-likeness (QED) is 0.805. The van der Waals surface area contributed by atoms with Crippen LogP contribution in [0.15, 0.2) is 24.3 Å². The molecule has 15 heavy (non-hydrogen) atoms. The Bertz CT molecular complexity index is 355. The summed E-state index contributed by atoms with van der Waals surface area (Å²) in [6.45, 7) is 0. The normalized spacial score (nSPS) is 18.9. The molecule has 1 aromatic rings. The second kappa shape index (κ2) is 3.52. The van der Waals surface area contributed by atoms with Crippen LogP contribution in [0.4, 0.5) is 13.2 Å². The Labute approximate surface area is 85.5 Å². The SMILES string of the molecule is O[C@@H](c1cccc(C2CC2)c1)C(F)(F)F. The molecule has 1 aromatic carbocycles. The van der Waals surface area contributed by atoms with E-state index in [9.17, 15) is 13.2 Å². The van der Waals surface area contributed by atoms with Gasteiger partial charge in [-0.1, -0.05) is 24.3 Å². The van der Waals surface area contributed by atoms with E-state index in [2.05, 4.69) is 0 Å². The zero-order chi connectivity index (χ0) is 11.1. The zero-order valence-corrected chi connectivity index (χ0v) is 7.96. The molecule has 0 saturated heterocycles. The first-order valence-corrected chi connectivity index (χ1v) is 4.83. The number of benzene rings is 1. The molecular weight excluding hydrogens is 205 g/mol. The van der Waals surface area contributed by atoms with E-state index < -0.39 is 12.3 Å². The Morgan fingerprint density at radius 3 is 2.47 bits per heavy atom. The monoisotopic (exact) mass is 216 g/mol. The van der Waals surface area contributed by atoms with Crippen molar-refractivity contribution in [2.75, 3.05) is 0 Å². The first kappa shape index (κ1) is 10.5. The fourth-order valence-electron chi connectivity index (χ4n) is 1.59. The molecule has 0 radical (unpaired) electrons. The zero-order valence-electron chi connectivity index (χ0n) is 7.96. The van der Waals surface area contributed by atoms with E-state index in [0.29, 0.717) is 5.92 Å². The Hall–Kier alpha value is -1.03. The molecule has 0 aromatic heterocycles. The largest absolute Gasteiger partial charge is 0.418 e. The fourth-order valence-corrected chi connectivity index (χ4v) is 1.59. The highest BCUT2D eigenvalue weighted by molar-refractivity contribution is 5.30. The van der Waals surface area contributed by atoms with E-state index in [-0.39, 0.29) is 5.56 Å². The van der Waals surface area contributed by atoms with Crippen LogP contribution in [-0.2, 0) is 0 Å². The first-order valence-electron chi connectivity index (χ1n) is 4.83. The van der Waals surface area contributed by atoms with E-state index >= 15 is 0 Å². The van der Waals surface area contributed by atoms with Gasteiger partial charge < -0.3 is 5.11 Å². The Balaban J connectivity index is 2.24. The lowest BCUT2D eigenvalue weighted by molar-refractivity contribution is -0.206. The van der Waals surface area contributed by atoms with Gasteiger partial charge in [0.1, 0.15) is 0 Å². The second-order valence-corrected chi connectivity index (χ2v) is 3.89. The predicted molar refractivity (Wildman–Crippen MR) is 49.4 cm³/mol. The third-order valence-corrected chi connectivity index (χ3v) is 2.59. The van der Waals surface area contributed by atoms with Gasteiger partial charge in [0.05, 0.1) is 0 Å². The van der Waals surface area contributed by atoms with Crippen LogP contribution in [0, 0.1) is 0 Å². The molecule has 1 fully saturated rings. The standard InChI is InChI=1S/C11H11F3O/c12-11(13,14)10(15)9-3-1-2-8(6-9)7-4-5-7/h1-3,6-7,10,15H,4-5H2/t10-/m0/s1. The number of halogens is 3. The van der Waals surface area contributed by atoms with Crippen molar-refractivity contribution in [2.24, 2.45) is 0 Å². The molecule has 1 aliphatic carbocycles. The highest BCUT2D eigenvalue weighted by atomic mass is 19.4. The van der Waals surface area contributed by atoms with E-state index in [0.717, 1.165) is 18.4 Å². The lowest BCUT2D eigenvalue weighted by atomic mass is 10.0. The summed E-state index contributed by atoms with van der Waals surface area (Å²) in [5, 5.41) is 9.06. The first-order chi connectivity index (χ1) is 6.98. The summed E-state index contributed by atoms with van der Waals surface area (Å²) in [4.78, 5) is 0. The Kier molecular flexibility index (Phi) is 2.46. The molecule has 1 saturated carbocycles. The van der Waals surface area contributed by atoms with Crippen molar-refractivity contribution in [3.05, 3.63) is 35.4 Å². The maximum absolute atomic E-state index is 12.2. The molecule has 0 aliphatic heterocycles. The summed E-state index contributed by atoms with van der Waals surface area (Å²) in [6, 6.07) is 6.14. The van der Waals surface area contributed by atoms with Crippen LogP contribution < -0.4 is 0 Å². The van der Waals surface area contributed by atoms with Crippen LogP contribution in [0.5, 0.6) is 0 Å². The van der Waals surface area contributed by atoms with Crippen molar-refractivity contribution in [1.29, 1.82) is 0 Å². The minimum absolute atomic E-state index is 0.0631. The molecule has 0 unspecified atom stereocenters. The molecule has 2 rings (SSSR count). The lowest BCUT2D eigenvalue weighted by Crippen LogP contribution is -2.20. The van der Waals surface area contributed by atoms with Gasteiger partial charge in [0.15, 0.2) is 6.10 Å². The second-order valence-electron chi connectivity index (χ2n) is 3.89. The average molecular weight is 216 g/mol. The molecule has 0 spiro atoms. The smallest absolute Gasteiger partial charge is 0.379 e. The molecule has 82 valence electrons. The summed E-state index contributed by atoms with van der Waals surface area (Å²) in [6.07, 6.45) is -4.88. The summed E-state index contributed by atoms with van der Waals surface area (Å²) in [5.74, 6) is 0.394. The van der Waals surface area contributed by atoms with Crippen LogP contribution in [0.25, 0.3) is 0 Å². The van der Waals surface area contributed by atoms with Gasteiger partial charge in [-0.3, -0.25) is 0 Å². The molecule has 0 bridgehead atoms. The van der Waals surface area contributed by atoms with E-state index in [1.165, 1.54) is 12.1 Å². The lowest BCUT2D eigenvalue weighted by Gasteiger charge is -2.15. The molecule has 1 N–H and O–H groups in total. The van der Waals surface area contributed by atoms with Crippen molar-refractivity contribution in [3.8, 4) is 0 Å². The minimum atomic E-state index is -4.58. The molecule has 1 nitrogen and oxygen atoms in total. The summed E-state index contributed by atoms with van der Waals surface area (Å²) >= 11 is 0. The summed E-state index contributed by atoms with van der Waals surface area (Å²) in [7, 11) is 0. The van der Waals surface area contributed by atoms with Crippen LogP contribution in [0.1, 0.15) is 36.0 Å². The van der Waals surface area contributed by atoms with Crippen molar-refractivity contribution in [2.45, 2.75) is 31.0 Å². The Morgan fingerprint density at radius 1 is 1.27 bits per heavy atom. The number of alkyl halides is 3. The van der Waals surface area contributed by atoms with E-state index in [1.54, 1.807) is 6.07 Å². The number of aliphatic hydroxyl groups excluding tert-OH is 1. The molecular formula is C11H11F3O. The van der Waals surface area contributed by atoms with E-state index in [1.807, 2.05) is 6.07 Å². The molecule has 1 atom stereocenters. The van der Waals surface area contributed by atoms with E-state index in [4.69, 9.17) is 5.11 Å². The van der Waals surface area contributed by atoms with Crippen molar-refractivity contribution >= 4 is 0 Å². The number of aliphatic hydroxyl groups is 1. The fraction of sp³-hybridized carbons (Fsp3) is 0.455. The molecule has 4 heteroatoms. The van der Waals surface area contributed by atoms with Crippen molar-refractivity contribution < 1.29 is 18.3 Å². The van der Waals surface area contributed by atoms with Gasteiger partial charge in [0, 0.05) is 0 Å². The van der Waals surface area contributed by atoms with Gasteiger partial charge in [-0.25, -0.2) is 0 Å². The number of hydrogen-bond acceptors (Lipinski definition) is 1. The van der Waals surface area contributed by atoms with Gasteiger partial charge in [-0.05, 0) is 29.9 Å². The third kappa shape index (κ3) is 2.31. The van der Waals surface area contributed by atoms with Crippen molar-refractivity contribution in [1.82, 2.24) is 0 Å². The van der Waals surface area contributed by atoms with Crippen LogP contribution in [0.2, 0.25) is 0 Å². The molecule has 0 heterocycles. The number of rotatable bonds is 2. The maximum atomic E-state index is 12.2. The van der Waals surface area contributed by atoms with Crippen LogP contribution >= 0.6 is 0 Å². The summed E-state index contributed by atoms with van der Waals surface area (Å²) in [5.41, 5.74) is 0.836. The van der Waals surface area contributed by atoms with Gasteiger partial charge in [0.25, 0.3) is 0 Å². The highest BCUT2D eigenvalue weighted by Crippen LogP contribution is 2.41. The molecule has 1 aliphatic rings. The van der Waals surface area contributed by atoms with Gasteiger partial charge >= 0.3 is 6.18 Å². The Morgan fingerprint density at radius 2 is 1.93 bits per heavy atom. The summed E-state index contributed by atoms with van der Waals surface area (Å²) < 4.78 is 36.7. The van der Waals surface area contributed by atoms with Gasteiger partial charge in [0.2, 0.25) is 0 Å². The maximum Gasteiger partial charge on any atom is 0.418 e. The van der Waals surface area contributed by atoms with Crippen molar-refractivity contribution in [3.63, 3.8) is 0 Å². The molecule has 0 amide bonds. The predicted octanol–water partition coefficient (Wildman–Crippen LogP) is 3.16. The topological polar surface area (TPSA) is 20.2 Å². The average Bonchev–Trinajstić information content (AvgIpc) is 2.98. The van der Waals surface area contributed by atoms with Gasteiger partial charge in [-0.15, -0.1) is 0 Å². The number of hydrogen-bond donors (Lipinski definition) is 1. The highest BCUT2D eigenvalue weighted by Gasteiger charge is 2.39. The third-order valence-electron chi connectivity index (χ3n) is 2.59. The van der Waals surface area contributed by atoms with Gasteiger partial charge in [-0.2, -0.15) is 13.2 Å². The van der Waals surface area contributed by atoms with Crippen LogP contribution in [0.3, 0.4) is 0 Å². The van der Waals surface area contributed by atoms with Crippen LogP contribution in [-0.4, -0.2) is 11.3 Å².